The Labute approximate surface area is 123 Å². The van der Waals surface area contributed by atoms with Crippen molar-refractivity contribution in [2.75, 3.05) is 0 Å². The number of esters is 1. The minimum absolute atomic E-state index is 0.291. The lowest BCUT2D eigenvalue weighted by atomic mass is 10.0. The van der Waals surface area contributed by atoms with Gasteiger partial charge in [0.15, 0.2) is 0 Å². The standard InChI is InChI=1S/C15H19NO5/c1-9(2)12(15(19)20)16-14(18)13(21-10(3)17)11-7-5-4-6-8-11/h4-9,12-13H,1-3H3,(H,16,18)(H,19,20)/t12-,13+/m1/s1. The van der Waals surface area contributed by atoms with E-state index in [4.69, 9.17) is 9.84 Å². The first-order chi connectivity index (χ1) is 9.82. The van der Waals surface area contributed by atoms with Gasteiger partial charge < -0.3 is 15.2 Å². The summed E-state index contributed by atoms with van der Waals surface area (Å²) >= 11 is 0. The Bertz CT molecular complexity index is 512. The lowest BCUT2D eigenvalue weighted by molar-refractivity contribution is -0.155. The van der Waals surface area contributed by atoms with E-state index < -0.39 is 30.0 Å². The molecule has 114 valence electrons. The van der Waals surface area contributed by atoms with Crippen molar-refractivity contribution >= 4 is 17.8 Å². The molecule has 0 aliphatic rings. The minimum atomic E-state index is -1.16. The molecule has 2 atom stereocenters. The molecule has 0 bridgehead atoms. The van der Waals surface area contributed by atoms with Crippen LogP contribution >= 0.6 is 0 Å². The molecule has 0 aromatic heterocycles. The molecule has 2 N–H and O–H groups in total. The molecule has 0 fully saturated rings. The van der Waals surface area contributed by atoms with E-state index in [1.807, 2.05) is 0 Å². The highest BCUT2D eigenvalue weighted by molar-refractivity contribution is 5.88. The van der Waals surface area contributed by atoms with Crippen LogP contribution in [0.25, 0.3) is 0 Å². The Hall–Kier alpha value is -2.37. The summed E-state index contributed by atoms with van der Waals surface area (Å²) in [5.74, 6) is -2.69. The SMILES string of the molecule is CC(=O)O[C@H](C(=O)N[C@@H](C(=O)O)C(C)C)c1ccccc1. The predicted molar refractivity (Wildman–Crippen MR) is 75.4 cm³/mol. The summed E-state index contributed by atoms with van der Waals surface area (Å²) < 4.78 is 5.01. The van der Waals surface area contributed by atoms with Gasteiger partial charge in [-0.2, -0.15) is 0 Å². The van der Waals surface area contributed by atoms with Gasteiger partial charge in [0.25, 0.3) is 5.91 Å². The van der Waals surface area contributed by atoms with Gasteiger partial charge in [-0.1, -0.05) is 44.2 Å². The maximum Gasteiger partial charge on any atom is 0.326 e. The van der Waals surface area contributed by atoms with Crippen LogP contribution in [-0.2, 0) is 19.1 Å². The molecule has 0 saturated heterocycles. The summed E-state index contributed by atoms with van der Waals surface area (Å²) in [6.07, 6.45) is -1.16. The second-order valence-corrected chi connectivity index (χ2v) is 4.97. The Morgan fingerprint density at radius 1 is 1.14 bits per heavy atom. The van der Waals surface area contributed by atoms with Gasteiger partial charge in [-0.3, -0.25) is 9.59 Å². The molecule has 0 unspecified atom stereocenters. The number of carbonyl (C=O) groups is 3. The molecule has 1 amide bonds. The number of amides is 1. The smallest absolute Gasteiger partial charge is 0.326 e. The van der Waals surface area contributed by atoms with Crippen LogP contribution in [0.2, 0.25) is 0 Å². The van der Waals surface area contributed by atoms with Crippen molar-refractivity contribution in [2.45, 2.75) is 32.9 Å². The maximum absolute atomic E-state index is 12.2. The van der Waals surface area contributed by atoms with E-state index in [0.717, 1.165) is 0 Å². The highest BCUT2D eigenvalue weighted by atomic mass is 16.5. The summed E-state index contributed by atoms with van der Waals surface area (Å²) in [6.45, 7) is 4.56. The zero-order chi connectivity index (χ0) is 16.0. The van der Waals surface area contributed by atoms with E-state index in [1.165, 1.54) is 6.92 Å². The predicted octanol–water partition coefficient (Wildman–Crippen LogP) is 1.52. The van der Waals surface area contributed by atoms with E-state index in [0.29, 0.717) is 5.56 Å². The highest BCUT2D eigenvalue weighted by Crippen LogP contribution is 2.18. The van der Waals surface area contributed by atoms with Gasteiger partial charge in [0, 0.05) is 12.5 Å². The average Bonchev–Trinajstić information content (AvgIpc) is 2.42. The first kappa shape index (κ1) is 16.7. The third-order valence-electron chi connectivity index (χ3n) is 2.85. The van der Waals surface area contributed by atoms with Gasteiger partial charge in [0.05, 0.1) is 0 Å². The lowest BCUT2D eigenvalue weighted by Gasteiger charge is -2.22. The zero-order valence-corrected chi connectivity index (χ0v) is 12.2. The van der Waals surface area contributed by atoms with Crippen molar-refractivity contribution < 1.29 is 24.2 Å². The molecule has 6 nitrogen and oxygen atoms in total. The van der Waals surface area contributed by atoms with Gasteiger partial charge in [0.1, 0.15) is 6.04 Å². The zero-order valence-electron chi connectivity index (χ0n) is 12.2. The van der Waals surface area contributed by atoms with E-state index in [2.05, 4.69) is 5.32 Å². The number of aliphatic carboxylic acids is 1. The molecule has 0 radical (unpaired) electrons. The lowest BCUT2D eigenvalue weighted by Crippen LogP contribution is -2.46. The first-order valence-electron chi connectivity index (χ1n) is 6.58. The molecule has 0 spiro atoms. The second-order valence-electron chi connectivity index (χ2n) is 4.97. The molecule has 0 aliphatic heterocycles. The van der Waals surface area contributed by atoms with E-state index in [-0.39, 0.29) is 5.92 Å². The van der Waals surface area contributed by atoms with Crippen LogP contribution in [0.3, 0.4) is 0 Å². The van der Waals surface area contributed by atoms with Gasteiger partial charge >= 0.3 is 11.9 Å². The quantitative estimate of drug-likeness (QED) is 0.776. The minimum Gasteiger partial charge on any atom is -0.480 e. The summed E-state index contributed by atoms with van der Waals surface area (Å²) in [4.78, 5) is 34.5. The number of carboxylic acid groups (broad SMARTS) is 1. The first-order valence-corrected chi connectivity index (χ1v) is 6.58. The summed E-state index contributed by atoms with van der Waals surface area (Å²) in [7, 11) is 0. The Balaban J connectivity index is 2.96. The van der Waals surface area contributed by atoms with Gasteiger partial charge in [0.2, 0.25) is 6.10 Å². The molecule has 0 aliphatic carbocycles. The highest BCUT2D eigenvalue weighted by Gasteiger charge is 2.30. The largest absolute Gasteiger partial charge is 0.480 e. The Morgan fingerprint density at radius 2 is 1.71 bits per heavy atom. The van der Waals surface area contributed by atoms with Crippen LogP contribution in [0.15, 0.2) is 30.3 Å². The van der Waals surface area contributed by atoms with Crippen molar-refractivity contribution in [2.24, 2.45) is 5.92 Å². The van der Waals surface area contributed by atoms with Gasteiger partial charge in [-0.15, -0.1) is 0 Å². The van der Waals surface area contributed by atoms with Crippen LogP contribution in [0, 0.1) is 5.92 Å². The van der Waals surface area contributed by atoms with Gasteiger partial charge in [-0.25, -0.2) is 4.79 Å². The molecular formula is C15H19NO5. The molecule has 21 heavy (non-hydrogen) atoms. The van der Waals surface area contributed by atoms with Crippen molar-refractivity contribution in [3.05, 3.63) is 35.9 Å². The van der Waals surface area contributed by atoms with E-state index >= 15 is 0 Å². The molecular weight excluding hydrogens is 274 g/mol. The number of ether oxygens (including phenoxy) is 1. The van der Waals surface area contributed by atoms with Crippen molar-refractivity contribution in [3.8, 4) is 0 Å². The number of benzene rings is 1. The third kappa shape index (κ3) is 4.91. The van der Waals surface area contributed by atoms with E-state index in [9.17, 15) is 14.4 Å². The maximum atomic E-state index is 12.2. The fraction of sp³-hybridized carbons (Fsp3) is 0.400. The van der Waals surface area contributed by atoms with Gasteiger partial charge in [-0.05, 0) is 5.92 Å². The Morgan fingerprint density at radius 3 is 2.14 bits per heavy atom. The van der Waals surface area contributed by atoms with Crippen LogP contribution < -0.4 is 5.32 Å². The number of carboxylic acids is 1. The molecule has 1 rings (SSSR count). The average molecular weight is 293 g/mol. The van der Waals surface area contributed by atoms with E-state index in [1.54, 1.807) is 44.2 Å². The fourth-order valence-corrected chi connectivity index (χ4v) is 1.81. The van der Waals surface area contributed by atoms with Crippen LogP contribution in [0.4, 0.5) is 0 Å². The second kappa shape index (κ2) is 7.42. The molecule has 0 saturated carbocycles. The summed E-state index contributed by atoms with van der Waals surface area (Å²) in [6, 6.07) is 7.41. The number of hydrogen-bond acceptors (Lipinski definition) is 4. The summed E-state index contributed by atoms with van der Waals surface area (Å²) in [5, 5.41) is 11.5. The third-order valence-corrected chi connectivity index (χ3v) is 2.85. The Kier molecular flexibility index (Phi) is 5.90. The number of nitrogens with one attached hydrogen (secondary N) is 1. The van der Waals surface area contributed by atoms with Crippen molar-refractivity contribution in [3.63, 3.8) is 0 Å². The summed E-state index contributed by atoms with van der Waals surface area (Å²) in [5.41, 5.74) is 0.484. The van der Waals surface area contributed by atoms with Crippen LogP contribution in [-0.4, -0.2) is 29.0 Å². The fourth-order valence-electron chi connectivity index (χ4n) is 1.81. The number of rotatable bonds is 6. The number of carbonyl (C=O) groups excluding carboxylic acids is 2. The number of hydrogen-bond donors (Lipinski definition) is 2. The molecule has 1 aromatic rings. The van der Waals surface area contributed by atoms with Crippen LogP contribution in [0.1, 0.15) is 32.4 Å². The normalized spacial score (nSPS) is 13.3. The monoisotopic (exact) mass is 293 g/mol. The molecule has 1 aromatic carbocycles. The van der Waals surface area contributed by atoms with Crippen LogP contribution in [0.5, 0.6) is 0 Å². The van der Waals surface area contributed by atoms with Crippen molar-refractivity contribution in [1.29, 1.82) is 0 Å². The molecule has 6 heteroatoms. The molecule has 0 heterocycles. The van der Waals surface area contributed by atoms with Crippen molar-refractivity contribution in [1.82, 2.24) is 5.32 Å². The topological polar surface area (TPSA) is 92.7 Å².